The molecule has 21 heavy (non-hydrogen) atoms. The Bertz CT molecular complexity index is 491. The van der Waals surface area contributed by atoms with Crippen LogP contribution in [0.2, 0.25) is 0 Å². The first-order valence-electron chi connectivity index (χ1n) is 7.54. The van der Waals surface area contributed by atoms with Crippen LogP contribution in [-0.2, 0) is 0 Å². The van der Waals surface area contributed by atoms with E-state index >= 15 is 0 Å². The molecule has 1 fully saturated rings. The maximum absolute atomic E-state index is 11.9. The van der Waals surface area contributed by atoms with Crippen molar-refractivity contribution in [1.29, 1.82) is 0 Å². The molecule has 2 N–H and O–H groups in total. The number of nitrogens with one attached hydrogen (secondary N) is 1. The van der Waals surface area contributed by atoms with Gasteiger partial charge in [0.15, 0.2) is 0 Å². The molecule has 1 heterocycles. The van der Waals surface area contributed by atoms with Crippen molar-refractivity contribution in [2.24, 2.45) is 11.8 Å². The van der Waals surface area contributed by atoms with Crippen LogP contribution >= 0.6 is 0 Å². The van der Waals surface area contributed by atoms with E-state index in [0.717, 1.165) is 12.3 Å². The van der Waals surface area contributed by atoms with Gasteiger partial charge in [-0.05, 0) is 30.4 Å². The Kier molecular flexibility index (Phi) is 5.31. The molecule has 0 unspecified atom stereocenters. The molecule has 5 nitrogen and oxygen atoms in total. The number of hydrogen-bond donors (Lipinski definition) is 2. The number of hydrogen-bond acceptors (Lipinski definition) is 3. The molecule has 1 aromatic heterocycles. The molecule has 0 bridgehead atoms. The smallest absolute Gasteiger partial charge is 0.337 e. The number of carbonyl (C=O) groups excluding carboxylic acids is 1. The van der Waals surface area contributed by atoms with Gasteiger partial charge in [0, 0.05) is 12.7 Å². The molecule has 2 rings (SSSR count). The second kappa shape index (κ2) is 7.20. The lowest BCUT2D eigenvalue weighted by Crippen LogP contribution is -2.27. The van der Waals surface area contributed by atoms with Crippen molar-refractivity contribution in [3.63, 3.8) is 0 Å². The van der Waals surface area contributed by atoms with Gasteiger partial charge in [-0.25, -0.2) is 4.79 Å². The van der Waals surface area contributed by atoms with Crippen molar-refractivity contribution in [2.45, 2.75) is 39.0 Å². The summed E-state index contributed by atoms with van der Waals surface area (Å²) in [7, 11) is 0. The molecule has 0 saturated heterocycles. The van der Waals surface area contributed by atoms with E-state index in [9.17, 15) is 9.59 Å². The highest BCUT2D eigenvalue weighted by Crippen LogP contribution is 2.29. The molecule has 1 aliphatic carbocycles. The Morgan fingerprint density at radius 1 is 1.29 bits per heavy atom. The average molecular weight is 290 g/mol. The Morgan fingerprint density at radius 2 is 2.00 bits per heavy atom. The van der Waals surface area contributed by atoms with Crippen LogP contribution in [0.1, 0.15) is 59.9 Å². The lowest BCUT2D eigenvalue weighted by atomic mass is 9.81. The van der Waals surface area contributed by atoms with Gasteiger partial charge in [0.1, 0.15) is 5.69 Å². The maximum Gasteiger partial charge on any atom is 0.337 e. The zero-order valence-corrected chi connectivity index (χ0v) is 12.3. The van der Waals surface area contributed by atoms with Crippen LogP contribution in [0.4, 0.5) is 0 Å². The van der Waals surface area contributed by atoms with Crippen LogP contribution in [0, 0.1) is 11.8 Å². The average Bonchev–Trinajstić information content (AvgIpc) is 2.49. The molecule has 0 radical (unpaired) electrons. The van der Waals surface area contributed by atoms with Gasteiger partial charge in [0.05, 0.1) is 5.56 Å². The number of amides is 1. The van der Waals surface area contributed by atoms with Gasteiger partial charge >= 0.3 is 5.97 Å². The van der Waals surface area contributed by atoms with Gasteiger partial charge in [-0.1, -0.05) is 32.6 Å². The van der Waals surface area contributed by atoms with Gasteiger partial charge in [-0.15, -0.1) is 0 Å². The first-order valence-corrected chi connectivity index (χ1v) is 7.54. The van der Waals surface area contributed by atoms with Gasteiger partial charge in [-0.3, -0.25) is 9.78 Å². The van der Waals surface area contributed by atoms with Crippen LogP contribution in [0.25, 0.3) is 0 Å². The second-order valence-electron chi connectivity index (χ2n) is 5.91. The molecule has 0 aromatic carbocycles. The number of carboxylic acid groups (broad SMARTS) is 1. The molecule has 1 aliphatic rings. The Morgan fingerprint density at radius 3 is 2.57 bits per heavy atom. The van der Waals surface area contributed by atoms with E-state index in [2.05, 4.69) is 17.2 Å². The molecule has 0 spiro atoms. The summed E-state index contributed by atoms with van der Waals surface area (Å²) in [4.78, 5) is 26.5. The van der Waals surface area contributed by atoms with Crippen LogP contribution in [0.3, 0.4) is 0 Å². The lowest BCUT2D eigenvalue weighted by Gasteiger charge is -2.26. The van der Waals surface area contributed by atoms with Gasteiger partial charge in [-0.2, -0.15) is 0 Å². The molecule has 0 atom stereocenters. The Balaban J connectivity index is 1.75. The zero-order chi connectivity index (χ0) is 15.2. The fourth-order valence-electron chi connectivity index (χ4n) is 2.75. The lowest BCUT2D eigenvalue weighted by molar-refractivity contribution is 0.0695. The molecule has 1 amide bonds. The highest BCUT2D eigenvalue weighted by Gasteiger charge is 2.18. The van der Waals surface area contributed by atoms with Gasteiger partial charge in [0.25, 0.3) is 5.91 Å². The van der Waals surface area contributed by atoms with Crippen LogP contribution < -0.4 is 5.32 Å². The third kappa shape index (κ3) is 4.55. The van der Waals surface area contributed by atoms with Crippen molar-refractivity contribution >= 4 is 11.9 Å². The maximum atomic E-state index is 11.9. The first kappa shape index (κ1) is 15.5. The Labute approximate surface area is 124 Å². The fraction of sp³-hybridized carbons (Fsp3) is 0.562. The summed E-state index contributed by atoms with van der Waals surface area (Å²) in [6.45, 7) is 2.95. The van der Waals surface area contributed by atoms with E-state index in [1.807, 2.05) is 0 Å². The summed E-state index contributed by atoms with van der Waals surface area (Å²) in [5.41, 5.74) is 0.347. The molecular formula is C16H22N2O3. The van der Waals surface area contributed by atoms with Crippen LogP contribution in [0.5, 0.6) is 0 Å². The molecule has 0 aliphatic heterocycles. The van der Waals surface area contributed by atoms with E-state index in [0.29, 0.717) is 12.5 Å². The van der Waals surface area contributed by atoms with Crippen LogP contribution in [-0.4, -0.2) is 28.5 Å². The number of pyridine rings is 1. The summed E-state index contributed by atoms with van der Waals surface area (Å²) in [5, 5.41) is 11.6. The van der Waals surface area contributed by atoms with Crippen molar-refractivity contribution in [1.82, 2.24) is 10.3 Å². The van der Waals surface area contributed by atoms with Crippen molar-refractivity contribution in [2.75, 3.05) is 6.54 Å². The standard InChI is InChI=1S/C16H22N2O3/c1-11-2-4-12(5-3-11)8-9-17-15(19)14-7-6-13(10-18-14)16(20)21/h6-7,10-12H,2-5,8-9H2,1H3,(H,17,19)(H,20,21). The summed E-state index contributed by atoms with van der Waals surface area (Å²) < 4.78 is 0. The van der Waals surface area contributed by atoms with E-state index in [1.54, 1.807) is 0 Å². The summed E-state index contributed by atoms with van der Waals surface area (Å²) in [6, 6.07) is 2.84. The number of carbonyl (C=O) groups is 2. The quantitative estimate of drug-likeness (QED) is 0.874. The second-order valence-corrected chi connectivity index (χ2v) is 5.91. The third-order valence-corrected chi connectivity index (χ3v) is 4.22. The van der Waals surface area contributed by atoms with Crippen molar-refractivity contribution in [3.05, 3.63) is 29.6 Å². The zero-order valence-electron chi connectivity index (χ0n) is 12.3. The van der Waals surface area contributed by atoms with Gasteiger partial charge < -0.3 is 10.4 Å². The van der Waals surface area contributed by atoms with Crippen molar-refractivity contribution in [3.8, 4) is 0 Å². The summed E-state index contributed by atoms with van der Waals surface area (Å²) in [5.74, 6) is 0.272. The largest absolute Gasteiger partial charge is 0.478 e. The topological polar surface area (TPSA) is 79.3 Å². The number of nitrogens with zero attached hydrogens (tertiary/aromatic N) is 1. The Hall–Kier alpha value is -1.91. The minimum Gasteiger partial charge on any atom is -0.478 e. The SMILES string of the molecule is CC1CCC(CCNC(=O)c2ccc(C(=O)O)cn2)CC1. The van der Waals surface area contributed by atoms with Crippen LogP contribution in [0.15, 0.2) is 18.3 Å². The summed E-state index contributed by atoms with van der Waals surface area (Å²) >= 11 is 0. The number of rotatable bonds is 5. The molecule has 1 aromatic rings. The predicted molar refractivity (Wildman–Crippen MR) is 79.3 cm³/mol. The highest BCUT2D eigenvalue weighted by molar-refractivity contribution is 5.93. The van der Waals surface area contributed by atoms with E-state index in [-0.39, 0.29) is 17.2 Å². The van der Waals surface area contributed by atoms with E-state index in [1.165, 1.54) is 44.0 Å². The number of aromatic nitrogens is 1. The minimum absolute atomic E-state index is 0.0860. The number of aromatic carboxylic acids is 1. The normalized spacial score (nSPS) is 21.8. The monoisotopic (exact) mass is 290 g/mol. The highest BCUT2D eigenvalue weighted by atomic mass is 16.4. The first-order chi connectivity index (χ1) is 10.1. The van der Waals surface area contributed by atoms with Crippen molar-refractivity contribution < 1.29 is 14.7 Å². The third-order valence-electron chi connectivity index (χ3n) is 4.22. The molecular weight excluding hydrogens is 268 g/mol. The number of carboxylic acids is 1. The van der Waals surface area contributed by atoms with E-state index in [4.69, 9.17) is 5.11 Å². The predicted octanol–water partition coefficient (Wildman–Crippen LogP) is 2.73. The van der Waals surface area contributed by atoms with E-state index < -0.39 is 5.97 Å². The molecule has 5 heteroatoms. The molecule has 114 valence electrons. The molecule has 1 saturated carbocycles. The fourth-order valence-corrected chi connectivity index (χ4v) is 2.75. The summed E-state index contributed by atoms with van der Waals surface area (Å²) in [6.07, 6.45) is 7.30. The minimum atomic E-state index is -1.04. The van der Waals surface area contributed by atoms with Gasteiger partial charge in [0.2, 0.25) is 0 Å².